The van der Waals surface area contributed by atoms with Crippen LogP contribution in [0.2, 0.25) is 0 Å². The van der Waals surface area contributed by atoms with Gasteiger partial charge in [0.05, 0.1) is 11.9 Å². The summed E-state index contributed by atoms with van der Waals surface area (Å²) in [7, 11) is -3.73. The summed E-state index contributed by atoms with van der Waals surface area (Å²) < 4.78 is 26.9. The number of halogens is 1. The van der Waals surface area contributed by atoms with Gasteiger partial charge in [0.2, 0.25) is 21.8 Å². The van der Waals surface area contributed by atoms with E-state index in [-0.39, 0.29) is 18.5 Å². The van der Waals surface area contributed by atoms with Crippen LogP contribution in [0, 0.1) is 0 Å². The Bertz CT molecular complexity index is 1030. The van der Waals surface area contributed by atoms with Crippen LogP contribution in [0.3, 0.4) is 0 Å². The maximum atomic E-state index is 13.5. The quantitative estimate of drug-likeness (QED) is 0.474. The van der Waals surface area contributed by atoms with Crippen molar-refractivity contribution in [2.24, 2.45) is 0 Å². The van der Waals surface area contributed by atoms with Crippen LogP contribution in [0.5, 0.6) is 0 Å². The lowest BCUT2D eigenvalue weighted by Gasteiger charge is -2.33. The van der Waals surface area contributed by atoms with E-state index in [1.807, 2.05) is 51.1 Å². The molecule has 2 amide bonds. The van der Waals surface area contributed by atoms with E-state index in [9.17, 15) is 18.0 Å². The summed E-state index contributed by atoms with van der Waals surface area (Å²) in [5.74, 6) is -0.673. The number of hydrogen-bond donors (Lipinski definition) is 1. The predicted molar refractivity (Wildman–Crippen MR) is 136 cm³/mol. The molecule has 0 aliphatic carbocycles. The van der Waals surface area contributed by atoms with E-state index in [0.717, 1.165) is 20.6 Å². The highest BCUT2D eigenvalue weighted by atomic mass is 79.9. The van der Waals surface area contributed by atoms with Crippen LogP contribution >= 0.6 is 15.9 Å². The number of amides is 2. The summed E-state index contributed by atoms with van der Waals surface area (Å²) in [6.07, 6.45) is 2.03. The number of nitrogens with zero attached hydrogens (tertiary/aromatic N) is 2. The van der Waals surface area contributed by atoms with E-state index in [1.54, 1.807) is 24.3 Å². The standard InChI is InChI=1S/C24H32BrN3O4S/c1-5-22(24(30)26-18(2)3)27(16-15-19-9-7-6-8-10-19)23(29)17-28(33(4,31)32)21-13-11-20(25)12-14-21/h6-14,18,22H,5,15-17H2,1-4H3,(H,26,30). The van der Waals surface area contributed by atoms with Crippen molar-refractivity contribution in [3.8, 4) is 0 Å². The van der Waals surface area contributed by atoms with Gasteiger partial charge in [-0.05, 0) is 56.5 Å². The van der Waals surface area contributed by atoms with Gasteiger partial charge in [0, 0.05) is 17.1 Å². The van der Waals surface area contributed by atoms with Gasteiger partial charge in [0.1, 0.15) is 12.6 Å². The number of rotatable bonds is 11. The van der Waals surface area contributed by atoms with Gasteiger partial charge in [-0.15, -0.1) is 0 Å². The second-order valence-electron chi connectivity index (χ2n) is 8.16. The zero-order valence-electron chi connectivity index (χ0n) is 19.5. The first-order valence-electron chi connectivity index (χ1n) is 10.9. The van der Waals surface area contributed by atoms with Crippen molar-refractivity contribution >= 4 is 43.5 Å². The van der Waals surface area contributed by atoms with Gasteiger partial charge in [0.15, 0.2) is 0 Å². The fourth-order valence-electron chi connectivity index (χ4n) is 3.50. The average Bonchev–Trinajstić information content (AvgIpc) is 2.75. The summed E-state index contributed by atoms with van der Waals surface area (Å²) in [6.45, 7) is 5.47. The molecule has 1 atom stereocenters. The summed E-state index contributed by atoms with van der Waals surface area (Å²) >= 11 is 3.34. The molecule has 0 spiro atoms. The molecule has 0 fully saturated rings. The Morgan fingerprint density at radius 1 is 1.03 bits per heavy atom. The highest BCUT2D eigenvalue weighted by Crippen LogP contribution is 2.21. The van der Waals surface area contributed by atoms with Crippen LogP contribution < -0.4 is 9.62 Å². The SMILES string of the molecule is CCC(C(=O)NC(C)C)N(CCc1ccccc1)C(=O)CN(c1ccc(Br)cc1)S(C)(=O)=O. The molecule has 1 unspecified atom stereocenters. The molecule has 180 valence electrons. The van der Waals surface area contributed by atoms with E-state index in [1.165, 1.54) is 4.90 Å². The molecule has 2 rings (SSSR count). The van der Waals surface area contributed by atoms with Gasteiger partial charge < -0.3 is 10.2 Å². The van der Waals surface area contributed by atoms with Crippen molar-refractivity contribution in [3.05, 3.63) is 64.6 Å². The molecule has 2 aromatic carbocycles. The van der Waals surface area contributed by atoms with Crippen molar-refractivity contribution in [1.29, 1.82) is 0 Å². The Morgan fingerprint density at radius 3 is 2.15 bits per heavy atom. The molecule has 2 aromatic rings. The van der Waals surface area contributed by atoms with Gasteiger partial charge in [-0.25, -0.2) is 8.42 Å². The Morgan fingerprint density at radius 2 is 1.64 bits per heavy atom. The molecule has 0 aliphatic heterocycles. The average molecular weight is 539 g/mol. The zero-order chi connectivity index (χ0) is 24.6. The summed E-state index contributed by atoms with van der Waals surface area (Å²) in [4.78, 5) is 27.9. The van der Waals surface area contributed by atoms with Crippen molar-refractivity contribution in [1.82, 2.24) is 10.2 Å². The number of carbonyl (C=O) groups excluding carboxylic acids is 2. The molecule has 0 aromatic heterocycles. The second-order valence-corrected chi connectivity index (χ2v) is 11.0. The maximum Gasteiger partial charge on any atom is 0.244 e. The molecule has 0 saturated heterocycles. The molecule has 7 nitrogen and oxygen atoms in total. The molecule has 0 saturated carbocycles. The minimum absolute atomic E-state index is 0.0760. The van der Waals surface area contributed by atoms with Crippen LogP contribution in [0.15, 0.2) is 59.1 Å². The molecule has 33 heavy (non-hydrogen) atoms. The lowest BCUT2D eigenvalue weighted by Crippen LogP contribution is -2.54. The van der Waals surface area contributed by atoms with Crippen LogP contribution in [0.25, 0.3) is 0 Å². The van der Waals surface area contributed by atoms with Gasteiger partial charge in [-0.2, -0.15) is 0 Å². The van der Waals surface area contributed by atoms with E-state index in [0.29, 0.717) is 25.1 Å². The second kappa shape index (κ2) is 12.2. The normalized spacial score (nSPS) is 12.3. The van der Waals surface area contributed by atoms with Gasteiger partial charge in [-0.3, -0.25) is 13.9 Å². The number of anilines is 1. The van der Waals surface area contributed by atoms with E-state index in [4.69, 9.17) is 0 Å². The zero-order valence-corrected chi connectivity index (χ0v) is 21.9. The van der Waals surface area contributed by atoms with E-state index < -0.39 is 22.0 Å². The molecular formula is C24H32BrN3O4S. The van der Waals surface area contributed by atoms with Gasteiger partial charge in [-0.1, -0.05) is 53.2 Å². The minimum atomic E-state index is -3.73. The Labute approximate surface area is 205 Å². The molecule has 9 heteroatoms. The fraction of sp³-hybridized carbons (Fsp3) is 0.417. The van der Waals surface area contributed by atoms with Crippen molar-refractivity contribution in [3.63, 3.8) is 0 Å². The minimum Gasteiger partial charge on any atom is -0.352 e. The first-order chi connectivity index (χ1) is 15.5. The molecule has 0 bridgehead atoms. The molecular weight excluding hydrogens is 506 g/mol. The first kappa shape index (κ1) is 26.9. The fourth-order valence-corrected chi connectivity index (χ4v) is 4.61. The summed E-state index contributed by atoms with van der Waals surface area (Å²) in [5.41, 5.74) is 1.42. The predicted octanol–water partition coefficient (Wildman–Crippen LogP) is 3.59. The van der Waals surface area contributed by atoms with Crippen LogP contribution in [-0.4, -0.2) is 56.6 Å². The van der Waals surface area contributed by atoms with Crippen molar-refractivity contribution in [2.45, 2.75) is 45.7 Å². The van der Waals surface area contributed by atoms with Crippen molar-refractivity contribution in [2.75, 3.05) is 23.7 Å². The summed E-state index contributed by atoms with van der Waals surface area (Å²) in [5, 5.41) is 2.88. The number of sulfonamides is 1. The van der Waals surface area contributed by atoms with Crippen LogP contribution in [0.1, 0.15) is 32.8 Å². The van der Waals surface area contributed by atoms with Gasteiger partial charge >= 0.3 is 0 Å². The Balaban J connectivity index is 2.34. The lowest BCUT2D eigenvalue weighted by atomic mass is 10.1. The third kappa shape index (κ3) is 8.16. The third-order valence-electron chi connectivity index (χ3n) is 5.09. The van der Waals surface area contributed by atoms with E-state index in [2.05, 4.69) is 21.2 Å². The number of hydrogen-bond acceptors (Lipinski definition) is 4. The van der Waals surface area contributed by atoms with E-state index >= 15 is 0 Å². The molecule has 0 heterocycles. The first-order valence-corrected chi connectivity index (χ1v) is 13.5. The third-order valence-corrected chi connectivity index (χ3v) is 6.76. The molecule has 0 aliphatic rings. The Hall–Kier alpha value is -2.39. The number of nitrogens with one attached hydrogen (secondary N) is 1. The lowest BCUT2D eigenvalue weighted by molar-refractivity contribution is -0.139. The topological polar surface area (TPSA) is 86.8 Å². The van der Waals surface area contributed by atoms with Gasteiger partial charge in [0.25, 0.3) is 0 Å². The number of carbonyl (C=O) groups is 2. The molecule has 1 N–H and O–H groups in total. The highest BCUT2D eigenvalue weighted by Gasteiger charge is 2.31. The maximum absolute atomic E-state index is 13.5. The molecule has 0 radical (unpaired) electrons. The summed E-state index contributed by atoms with van der Waals surface area (Å²) in [6, 6.07) is 15.6. The van der Waals surface area contributed by atoms with Crippen LogP contribution in [-0.2, 0) is 26.0 Å². The van der Waals surface area contributed by atoms with Crippen molar-refractivity contribution < 1.29 is 18.0 Å². The highest BCUT2D eigenvalue weighted by molar-refractivity contribution is 9.10. The largest absolute Gasteiger partial charge is 0.352 e. The monoisotopic (exact) mass is 537 g/mol. The number of benzene rings is 2. The Kier molecular flexibility index (Phi) is 9.91. The smallest absolute Gasteiger partial charge is 0.244 e. The van der Waals surface area contributed by atoms with Crippen LogP contribution in [0.4, 0.5) is 5.69 Å².